The summed E-state index contributed by atoms with van der Waals surface area (Å²) in [7, 11) is 0. The van der Waals surface area contributed by atoms with E-state index in [9.17, 15) is 9.90 Å². The van der Waals surface area contributed by atoms with Crippen LogP contribution in [0.2, 0.25) is 0 Å². The van der Waals surface area contributed by atoms with Gasteiger partial charge in [0.15, 0.2) is 5.16 Å². The van der Waals surface area contributed by atoms with Gasteiger partial charge in [-0.2, -0.15) is 0 Å². The molecule has 2 aromatic carbocycles. The lowest BCUT2D eigenvalue weighted by atomic mass is 10.1. The van der Waals surface area contributed by atoms with Crippen molar-refractivity contribution in [3.05, 3.63) is 47.5 Å². The highest BCUT2D eigenvalue weighted by molar-refractivity contribution is 7.99. The Hall–Kier alpha value is -2.47. The maximum absolute atomic E-state index is 11.2. The third kappa shape index (κ3) is 2.57. The minimum atomic E-state index is -1.03. The van der Waals surface area contributed by atoms with Gasteiger partial charge >= 0.3 is 5.97 Å². The fourth-order valence-electron chi connectivity index (χ4n) is 2.09. The van der Waals surface area contributed by atoms with Crippen LogP contribution in [0.3, 0.4) is 0 Å². The second-order valence-corrected chi connectivity index (χ2v) is 5.73. The number of carbonyl (C=O) groups is 1. The molecule has 3 rings (SSSR count). The maximum Gasteiger partial charge on any atom is 0.337 e. The molecule has 0 spiro atoms. The number of nitrogens with one attached hydrogen (secondary N) is 1. The van der Waals surface area contributed by atoms with Crippen molar-refractivity contribution in [3.63, 3.8) is 0 Å². The van der Waals surface area contributed by atoms with E-state index in [0.717, 1.165) is 26.6 Å². The Bertz CT molecular complexity index is 809. The first-order valence-electron chi connectivity index (χ1n) is 6.30. The number of rotatable bonds is 3. The average Bonchev–Trinajstić information content (AvgIpc) is 2.84. The van der Waals surface area contributed by atoms with Crippen molar-refractivity contribution < 1.29 is 9.90 Å². The molecule has 0 saturated heterocycles. The molecule has 4 N–H and O–H groups in total. The van der Waals surface area contributed by atoms with Crippen LogP contribution in [0.5, 0.6) is 0 Å². The molecule has 0 atom stereocenters. The number of para-hydroxylation sites is 2. The number of imidazole rings is 1. The van der Waals surface area contributed by atoms with Gasteiger partial charge in [0.1, 0.15) is 0 Å². The second kappa shape index (κ2) is 5.14. The Labute approximate surface area is 125 Å². The highest BCUT2D eigenvalue weighted by Gasteiger charge is 2.13. The molecule has 0 amide bonds. The number of nitrogens with two attached hydrogens (primary N) is 1. The Morgan fingerprint density at radius 2 is 2.10 bits per heavy atom. The van der Waals surface area contributed by atoms with Gasteiger partial charge in [-0.15, -0.1) is 0 Å². The van der Waals surface area contributed by atoms with E-state index in [-0.39, 0.29) is 5.56 Å². The Balaban J connectivity index is 1.99. The molecule has 0 aliphatic heterocycles. The SMILES string of the molecule is Cc1cc(Sc2nc3ccccc3[nH]2)cc(C(=O)O)c1N. The van der Waals surface area contributed by atoms with E-state index < -0.39 is 5.97 Å². The summed E-state index contributed by atoms with van der Waals surface area (Å²) in [6.45, 7) is 1.80. The van der Waals surface area contributed by atoms with Gasteiger partial charge in [-0.3, -0.25) is 0 Å². The van der Waals surface area contributed by atoms with Crippen molar-refractivity contribution in [1.82, 2.24) is 9.97 Å². The van der Waals surface area contributed by atoms with Crippen molar-refractivity contribution in [2.75, 3.05) is 5.73 Å². The van der Waals surface area contributed by atoms with Gasteiger partial charge in [-0.1, -0.05) is 23.9 Å². The predicted octanol–water partition coefficient (Wildman–Crippen LogP) is 3.30. The van der Waals surface area contributed by atoms with E-state index in [2.05, 4.69) is 9.97 Å². The van der Waals surface area contributed by atoms with Gasteiger partial charge in [0.25, 0.3) is 0 Å². The van der Waals surface area contributed by atoms with Crippen molar-refractivity contribution in [3.8, 4) is 0 Å². The maximum atomic E-state index is 11.2. The zero-order valence-electron chi connectivity index (χ0n) is 11.3. The number of nitrogen functional groups attached to an aromatic ring is 1. The molecule has 0 aliphatic carbocycles. The molecule has 0 unspecified atom stereocenters. The van der Waals surface area contributed by atoms with Crippen LogP contribution in [0.4, 0.5) is 5.69 Å². The van der Waals surface area contributed by atoms with Crippen molar-refractivity contribution >= 4 is 34.5 Å². The fraction of sp³-hybridized carbons (Fsp3) is 0.0667. The van der Waals surface area contributed by atoms with E-state index in [4.69, 9.17) is 5.73 Å². The largest absolute Gasteiger partial charge is 0.478 e. The van der Waals surface area contributed by atoms with Crippen LogP contribution in [0.25, 0.3) is 11.0 Å². The van der Waals surface area contributed by atoms with Gasteiger partial charge in [0.2, 0.25) is 0 Å². The van der Waals surface area contributed by atoms with Crippen molar-refractivity contribution in [1.29, 1.82) is 0 Å². The lowest BCUT2D eigenvalue weighted by molar-refractivity contribution is 0.0697. The third-order valence-electron chi connectivity index (χ3n) is 3.17. The number of anilines is 1. The molecular formula is C15H13N3O2S. The quantitative estimate of drug-likeness (QED) is 0.645. The summed E-state index contributed by atoms with van der Waals surface area (Å²) in [5.41, 5.74) is 8.79. The lowest BCUT2D eigenvalue weighted by Gasteiger charge is -2.07. The molecule has 21 heavy (non-hydrogen) atoms. The molecule has 106 valence electrons. The smallest absolute Gasteiger partial charge is 0.337 e. The molecule has 5 nitrogen and oxygen atoms in total. The van der Waals surface area contributed by atoms with Crippen LogP contribution in [0.1, 0.15) is 15.9 Å². The standard InChI is InChI=1S/C15H13N3O2S/c1-8-6-9(7-10(13(8)16)14(19)20)21-15-17-11-4-2-3-5-12(11)18-15/h2-7H,16H2,1H3,(H,17,18)(H,19,20). The summed E-state index contributed by atoms with van der Waals surface area (Å²) in [5, 5.41) is 9.90. The molecule has 0 aliphatic rings. The van der Waals surface area contributed by atoms with Gasteiger partial charge in [0, 0.05) is 10.6 Å². The van der Waals surface area contributed by atoms with E-state index >= 15 is 0 Å². The number of aromatic carboxylic acids is 1. The first-order valence-corrected chi connectivity index (χ1v) is 7.12. The molecule has 0 radical (unpaired) electrons. The summed E-state index contributed by atoms with van der Waals surface area (Å²) in [5.74, 6) is -1.03. The summed E-state index contributed by atoms with van der Waals surface area (Å²) in [6, 6.07) is 11.2. The van der Waals surface area contributed by atoms with Crippen molar-refractivity contribution in [2.45, 2.75) is 17.0 Å². The van der Waals surface area contributed by atoms with Gasteiger partial charge in [0.05, 0.1) is 16.6 Å². The van der Waals surface area contributed by atoms with Crippen LogP contribution < -0.4 is 5.73 Å². The number of aromatic nitrogens is 2. The summed E-state index contributed by atoms with van der Waals surface area (Å²) in [6.07, 6.45) is 0. The first-order chi connectivity index (χ1) is 10.0. The van der Waals surface area contributed by atoms with Crippen LogP contribution in [0, 0.1) is 6.92 Å². The minimum Gasteiger partial charge on any atom is -0.478 e. The third-order valence-corrected chi connectivity index (χ3v) is 4.03. The number of benzene rings is 2. The minimum absolute atomic E-state index is 0.119. The first kappa shape index (κ1) is 13.5. The Kier molecular flexibility index (Phi) is 3.31. The summed E-state index contributed by atoms with van der Waals surface area (Å²) in [4.78, 5) is 19.7. The van der Waals surface area contributed by atoms with Crippen LogP contribution >= 0.6 is 11.8 Å². The number of aromatic amines is 1. The molecule has 0 fully saturated rings. The fourth-order valence-corrected chi connectivity index (χ4v) is 3.03. The van der Waals surface area contributed by atoms with Gasteiger partial charge < -0.3 is 15.8 Å². The monoisotopic (exact) mass is 299 g/mol. The summed E-state index contributed by atoms with van der Waals surface area (Å²) >= 11 is 1.38. The van der Waals surface area contributed by atoms with E-state index in [1.54, 1.807) is 13.0 Å². The zero-order chi connectivity index (χ0) is 15.0. The van der Waals surface area contributed by atoms with Gasteiger partial charge in [-0.25, -0.2) is 9.78 Å². The number of hydrogen-bond acceptors (Lipinski definition) is 4. The zero-order valence-corrected chi connectivity index (χ0v) is 12.1. The molecule has 6 heteroatoms. The number of fused-ring (bicyclic) bond motifs is 1. The lowest BCUT2D eigenvalue weighted by Crippen LogP contribution is -2.04. The van der Waals surface area contributed by atoms with E-state index in [1.807, 2.05) is 30.3 Å². The van der Waals surface area contributed by atoms with Crippen molar-refractivity contribution in [2.24, 2.45) is 0 Å². The number of hydrogen-bond donors (Lipinski definition) is 3. The number of carboxylic acids is 1. The van der Waals surface area contributed by atoms with E-state index in [1.165, 1.54) is 11.8 Å². The molecule has 0 saturated carbocycles. The van der Waals surface area contributed by atoms with E-state index in [0.29, 0.717) is 5.69 Å². The molecular weight excluding hydrogens is 286 g/mol. The highest BCUT2D eigenvalue weighted by Crippen LogP contribution is 2.31. The molecule has 1 heterocycles. The second-order valence-electron chi connectivity index (χ2n) is 4.67. The predicted molar refractivity (Wildman–Crippen MR) is 82.8 cm³/mol. The Morgan fingerprint density at radius 1 is 1.33 bits per heavy atom. The summed E-state index contributed by atoms with van der Waals surface area (Å²) < 4.78 is 0. The topological polar surface area (TPSA) is 92.0 Å². The number of nitrogens with zero attached hydrogens (tertiary/aromatic N) is 1. The number of carboxylic acid groups (broad SMARTS) is 1. The molecule has 3 aromatic rings. The highest BCUT2D eigenvalue weighted by atomic mass is 32.2. The molecule has 1 aromatic heterocycles. The molecule has 0 bridgehead atoms. The Morgan fingerprint density at radius 3 is 2.81 bits per heavy atom. The van der Waals surface area contributed by atoms with Crippen LogP contribution in [0.15, 0.2) is 46.5 Å². The van der Waals surface area contributed by atoms with Crippen LogP contribution in [-0.4, -0.2) is 21.0 Å². The number of H-pyrrole nitrogens is 1. The van der Waals surface area contributed by atoms with Gasteiger partial charge in [-0.05, 0) is 36.8 Å². The normalized spacial score (nSPS) is 10.9. The number of aryl methyl sites for hydroxylation is 1. The van der Waals surface area contributed by atoms with Crippen LogP contribution in [-0.2, 0) is 0 Å². The average molecular weight is 299 g/mol.